The summed E-state index contributed by atoms with van der Waals surface area (Å²) in [6.07, 6.45) is 2.49. The van der Waals surface area contributed by atoms with Gasteiger partial charge in [-0.3, -0.25) is 4.79 Å². The SMILES string of the molecule is CC(NC(=O)CSc1ccc(O)cc1)C1CC1. The molecule has 0 bridgehead atoms. The van der Waals surface area contributed by atoms with E-state index in [2.05, 4.69) is 12.2 Å². The molecule has 0 aliphatic heterocycles. The van der Waals surface area contributed by atoms with Crippen molar-refractivity contribution in [1.29, 1.82) is 0 Å². The summed E-state index contributed by atoms with van der Waals surface area (Å²) in [5.74, 6) is 1.46. The smallest absolute Gasteiger partial charge is 0.230 e. The summed E-state index contributed by atoms with van der Waals surface area (Å²) in [7, 11) is 0. The molecule has 92 valence electrons. The van der Waals surface area contributed by atoms with Gasteiger partial charge >= 0.3 is 0 Å². The second-order valence-corrected chi connectivity index (χ2v) is 5.52. The van der Waals surface area contributed by atoms with E-state index in [0.717, 1.165) is 4.90 Å². The average Bonchev–Trinajstić information content (AvgIpc) is 3.12. The molecule has 1 aromatic rings. The Labute approximate surface area is 106 Å². The Morgan fingerprint density at radius 1 is 1.47 bits per heavy atom. The maximum atomic E-state index is 11.6. The van der Waals surface area contributed by atoms with Crippen LogP contribution >= 0.6 is 11.8 Å². The van der Waals surface area contributed by atoms with Gasteiger partial charge in [0.15, 0.2) is 0 Å². The fourth-order valence-corrected chi connectivity index (χ4v) is 2.41. The van der Waals surface area contributed by atoms with E-state index < -0.39 is 0 Å². The van der Waals surface area contributed by atoms with E-state index >= 15 is 0 Å². The number of nitrogens with one attached hydrogen (secondary N) is 1. The van der Waals surface area contributed by atoms with Crippen molar-refractivity contribution in [3.05, 3.63) is 24.3 Å². The highest BCUT2D eigenvalue weighted by atomic mass is 32.2. The number of phenols is 1. The van der Waals surface area contributed by atoms with Gasteiger partial charge in [0.25, 0.3) is 0 Å². The summed E-state index contributed by atoms with van der Waals surface area (Å²) in [6, 6.07) is 7.21. The quantitative estimate of drug-likeness (QED) is 0.790. The van der Waals surface area contributed by atoms with Crippen LogP contribution in [-0.2, 0) is 4.79 Å². The fraction of sp³-hybridized carbons (Fsp3) is 0.462. The molecule has 2 N–H and O–H groups in total. The third-order valence-electron chi connectivity index (χ3n) is 2.92. The molecule has 0 saturated heterocycles. The van der Waals surface area contributed by atoms with Gasteiger partial charge in [0.1, 0.15) is 5.75 Å². The zero-order chi connectivity index (χ0) is 12.3. The largest absolute Gasteiger partial charge is 0.508 e. The van der Waals surface area contributed by atoms with Crippen molar-refractivity contribution in [2.45, 2.75) is 30.7 Å². The molecule has 1 atom stereocenters. The minimum absolute atomic E-state index is 0.0856. The first-order valence-electron chi connectivity index (χ1n) is 5.86. The normalized spacial score (nSPS) is 16.5. The molecule has 1 unspecified atom stereocenters. The molecular weight excluding hydrogens is 234 g/mol. The summed E-state index contributed by atoms with van der Waals surface area (Å²) in [5.41, 5.74) is 0. The molecule has 1 saturated carbocycles. The molecule has 1 aliphatic rings. The van der Waals surface area contributed by atoms with Gasteiger partial charge in [-0.05, 0) is 49.9 Å². The molecule has 0 spiro atoms. The van der Waals surface area contributed by atoms with Crippen LogP contribution in [0.25, 0.3) is 0 Å². The Morgan fingerprint density at radius 2 is 2.12 bits per heavy atom. The van der Waals surface area contributed by atoms with Gasteiger partial charge in [-0.25, -0.2) is 0 Å². The van der Waals surface area contributed by atoms with E-state index in [-0.39, 0.29) is 11.7 Å². The standard InChI is InChI=1S/C13H17NO2S/c1-9(10-2-3-10)14-13(16)8-17-12-6-4-11(15)5-7-12/h4-7,9-10,15H,2-3,8H2,1H3,(H,14,16). The van der Waals surface area contributed by atoms with Crippen molar-refractivity contribution in [2.24, 2.45) is 5.92 Å². The van der Waals surface area contributed by atoms with Gasteiger partial charge in [0, 0.05) is 10.9 Å². The molecule has 1 amide bonds. The highest BCUT2D eigenvalue weighted by molar-refractivity contribution is 8.00. The second kappa shape index (κ2) is 5.45. The third-order valence-corrected chi connectivity index (χ3v) is 3.94. The lowest BCUT2D eigenvalue weighted by atomic mass is 10.2. The predicted molar refractivity (Wildman–Crippen MR) is 69.2 cm³/mol. The lowest BCUT2D eigenvalue weighted by Gasteiger charge is -2.12. The zero-order valence-electron chi connectivity index (χ0n) is 9.85. The summed E-state index contributed by atoms with van der Waals surface area (Å²) < 4.78 is 0. The van der Waals surface area contributed by atoms with E-state index in [1.807, 2.05) is 12.1 Å². The van der Waals surface area contributed by atoms with Gasteiger partial charge in [-0.15, -0.1) is 11.8 Å². The molecule has 1 aromatic carbocycles. The van der Waals surface area contributed by atoms with Crippen molar-refractivity contribution >= 4 is 17.7 Å². The Bertz CT molecular complexity index is 387. The number of phenolic OH excluding ortho intramolecular Hbond substituents is 1. The van der Waals surface area contributed by atoms with Crippen molar-refractivity contribution in [1.82, 2.24) is 5.32 Å². The van der Waals surface area contributed by atoms with Crippen LogP contribution in [0.4, 0.5) is 0 Å². The van der Waals surface area contributed by atoms with Crippen LogP contribution in [0.15, 0.2) is 29.2 Å². The molecule has 4 heteroatoms. The molecule has 0 radical (unpaired) electrons. The van der Waals surface area contributed by atoms with Crippen LogP contribution in [0.5, 0.6) is 5.75 Å². The molecule has 1 fully saturated rings. The molecule has 2 rings (SSSR count). The van der Waals surface area contributed by atoms with Crippen LogP contribution < -0.4 is 5.32 Å². The van der Waals surface area contributed by atoms with Crippen molar-refractivity contribution < 1.29 is 9.90 Å². The number of carbonyl (C=O) groups excluding carboxylic acids is 1. The summed E-state index contributed by atoms with van der Waals surface area (Å²) in [5, 5.41) is 12.1. The molecule has 0 heterocycles. The highest BCUT2D eigenvalue weighted by Gasteiger charge is 2.28. The van der Waals surface area contributed by atoms with Crippen LogP contribution in [0.3, 0.4) is 0 Å². The van der Waals surface area contributed by atoms with Gasteiger partial charge in [0.05, 0.1) is 5.75 Å². The minimum atomic E-state index is 0.0856. The van der Waals surface area contributed by atoms with Gasteiger partial charge in [-0.1, -0.05) is 0 Å². The topological polar surface area (TPSA) is 49.3 Å². The number of rotatable bonds is 5. The third kappa shape index (κ3) is 3.97. The number of benzene rings is 1. The van der Waals surface area contributed by atoms with E-state index in [0.29, 0.717) is 17.7 Å². The van der Waals surface area contributed by atoms with Crippen LogP contribution in [-0.4, -0.2) is 22.8 Å². The minimum Gasteiger partial charge on any atom is -0.508 e. The van der Waals surface area contributed by atoms with Crippen LogP contribution in [0, 0.1) is 5.92 Å². The number of aromatic hydroxyl groups is 1. The average molecular weight is 251 g/mol. The van der Waals surface area contributed by atoms with Gasteiger partial charge in [-0.2, -0.15) is 0 Å². The number of hydrogen-bond acceptors (Lipinski definition) is 3. The molecule has 0 aromatic heterocycles. The van der Waals surface area contributed by atoms with E-state index in [1.54, 1.807) is 12.1 Å². The first-order chi connectivity index (χ1) is 8.15. The predicted octanol–water partition coefficient (Wildman–Crippen LogP) is 2.40. The van der Waals surface area contributed by atoms with E-state index in [9.17, 15) is 4.79 Å². The monoisotopic (exact) mass is 251 g/mol. The Kier molecular flexibility index (Phi) is 3.94. The van der Waals surface area contributed by atoms with Crippen LogP contribution in [0.2, 0.25) is 0 Å². The zero-order valence-corrected chi connectivity index (χ0v) is 10.7. The first kappa shape index (κ1) is 12.3. The molecule has 1 aliphatic carbocycles. The lowest BCUT2D eigenvalue weighted by Crippen LogP contribution is -2.35. The summed E-state index contributed by atoms with van der Waals surface area (Å²) >= 11 is 1.49. The summed E-state index contributed by atoms with van der Waals surface area (Å²) in [6.45, 7) is 2.07. The number of thioether (sulfide) groups is 1. The van der Waals surface area contributed by atoms with Crippen molar-refractivity contribution in [3.63, 3.8) is 0 Å². The number of amides is 1. The maximum Gasteiger partial charge on any atom is 0.230 e. The fourth-order valence-electron chi connectivity index (χ4n) is 1.70. The second-order valence-electron chi connectivity index (χ2n) is 4.48. The maximum absolute atomic E-state index is 11.6. The van der Waals surface area contributed by atoms with Crippen molar-refractivity contribution in [2.75, 3.05) is 5.75 Å². The van der Waals surface area contributed by atoms with Crippen molar-refractivity contribution in [3.8, 4) is 5.75 Å². The Hall–Kier alpha value is -1.16. The molecular formula is C13H17NO2S. The van der Waals surface area contributed by atoms with E-state index in [4.69, 9.17) is 5.11 Å². The summed E-state index contributed by atoms with van der Waals surface area (Å²) in [4.78, 5) is 12.6. The molecule has 3 nitrogen and oxygen atoms in total. The van der Waals surface area contributed by atoms with Gasteiger partial charge in [0.2, 0.25) is 5.91 Å². The molecule has 17 heavy (non-hydrogen) atoms. The van der Waals surface area contributed by atoms with E-state index in [1.165, 1.54) is 24.6 Å². The van der Waals surface area contributed by atoms with Crippen LogP contribution in [0.1, 0.15) is 19.8 Å². The lowest BCUT2D eigenvalue weighted by molar-refractivity contribution is -0.119. The first-order valence-corrected chi connectivity index (χ1v) is 6.85. The highest BCUT2D eigenvalue weighted by Crippen LogP contribution is 2.32. The number of hydrogen-bond donors (Lipinski definition) is 2. The number of carbonyl (C=O) groups is 1. The Balaban J connectivity index is 1.73. The van der Waals surface area contributed by atoms with Gasteiger partial charge < -0.3 is 10.4 Å². The Morgan fingerprint density at radius 3 is 2.71 bits per heavy atom.